The van der Waals surface area contributed by atoms with Crippen molar-refractivity contribution in [1.29, 1.82) is 0 Å². The van der Waals surface area contributed by atoms with E-state index >= 15 is 0 Å². The summed E-state index contributed by atoms with van der Waals surface area (Å²) in [5, 5.41) is 0. The maximum absolute atomic E-state index is 12.2. The van der Waals surface area contributed by atoms with Crippen molar-refractivity contribution in [3.05, 3.63) is 35.4 Å². The van der Waals surface area contributed by atoms with E-state index in [9.17, 15) is 4.79 Å². The molecule has 0 spiro atoms. The van der Waals surface area contributed by atoms with Gasteiger partial charge in [-0.3, -0.25) is 4.79 Å². The smallest absolute Gasteiger partial charge is 0.255 e. The second-order valence-corrected chi connectivity index (χ2v) is 4.75. The van der Waals surface area contributed by atoms with Gasteiger partial charge in [-0.05, 0) is 30.5 Å². The Morgan fingerprint density at radius 2 is 2.00 bits per heavy atom. The average molecular weight is 233 g/mol. The average Bonchev–Trinajstić information content (AvgIpc) is 2.74. The molecule has 1 amide bonds. The van der Waals surface area contributed by atoms with Crippen molar-refractivity contribution < 1.29 is 9.53 Å². The highest BCUT2D eigenvalue weighted by molar-refractivity contribution is 5.94. The number of amides is 1. The zero-order valence-corrected chi connectivity index (χ0v) is 10.6. The second-order valence-electron chi connectivity index (χ2n) is 4.75. The number of ether oxygens (including phenoxy) is 1. The fourth-order valence-electron chi connectivity index (χ4n) is 2.04. The summed E-state index contributed by atoms with van der Waals surface area (Å²) >= 11 is 0. The van der Waals surface area contributed by atoms with Crippen molar-refractivity contribution in [3.8, 4) is 0 Å². The first kappa shape index (κ1) is 12.1. The van der Waals surface area contributed by atoms with Crippen molar-refractivity contribution in [1.82, 2.24) is 4.90 Å². The van der Waals surface area contributed by atoms with Crippen LogP contribution in [-0.2, 0) is 4.74 Å². The number of carbonyl (C=O) groups excluding carboxylic acids is 1. The minimum Gasteiger partial charge on any atom is -0.357 e. The van der Waals surface area contributed by atoms with Gasteiger partial charge in [0.05, 0.1) is 6.61 Å². The highest BCUT2D eigenvalue weighted by Crippen LogP contribution is 2.18. The van der Waals surface area contributed by atoms with Gasteiger partial charge in [0.2, 0.25) is 0 Å². The minimum atomic E-state index is -0.104. The quantitative estimate of drug-likeness (QED) is 0.786. The molecule has 0 radical (unpaired) electrons. The third-order valence-electron chi connectivity index (χ3n) is 3.22. The number of rotatable bonds is 2. The molecular weight excluding hydrogens is 214 g/mol. The second kappa shape index (κ2) is 4.88. The van der Waals surface area contributed by atoms with E-state index in [1.54, 1.807) is 4.90 Å². The molecule has 1 aliphatic heterocycles. The standard InChI is InChI=1S/C14H19NO2/c1-10(2)12-4-6-13(7-5-12)14(16)15-8-9-17-11(15)3/h4-7,10-11H,8-9H2,1-3H3. The first-order valence-electron chi connectivity index (χ1n) is 6.12. The molecule has 1 atom stereocenters. The van der Waals surface area contributed by atoms with Crippen molar-refractivity contribution in [2.45, 2.75) is 32.9 Å². The highest BCUT2D eigenvalue weighted by atomic mass is 16.5. The Kier molecular flexibility index (Phi) is 3.48. The van der Waals surface area contributed by atoms with Gasteiger partial charge in [0.1, 0.15) is 6.23 Å². The summed E-state index contributed by atoms with van der Waals surface area (Å²) in [7, 11) is 0. The van der Waals surface area contributed by atoms with Crippen molar-refractivity contribution in [3.63, 3.8) is 0 Å². The van der Waals surface area contributed by atoms with Crippen LogP contribution in [0, 0.1) is 0 Å². The molecule has 2 rings (SSSR count). The number of hydrogen-bond acceptors (Lipinski definition) is 2. The Balaban J connectivity index is 2.14. The van der Waals surface area contributed by atoms with Crippen molar-refractivity contribution in [2.75, 3.05) is 13.2 Å². The van der Waals surface area contributed by atoms with Gasteiger partial charge in [0.25, 0.3) is 5.91 Å². The molecule has 3 nitrogen and oxygen atoms in total. The Labute approximate surface area is 102 Å². The number of hydrogen-bond donors (Lipinski definition) is 0. The molecule has 1 aromatic carbocycles. The molecule has 3 heteroatoms. The van der Waals surface area contributed by atoms with Crippen LogP contribution in [0.2, 0.25) is 0 Å². The first-order valence-corrected chi connectivity index (χ1v) is 6.12. The van der Waals surface area contributed by atoms with Crippen LogP contribution in [0.25, 0.3) is 0 Å². The normalized spacial score (nSPS) is 20.0. The first-order chi connectivity index (χ1) is 8.09. The summed E-state index contributed by atoms with van der Waals surface area (Å²) in [6, 6.07) is 7.87. The van der Waals surface area contributed by atoms with Crippen LogP contribution in [0.4, 0.5) is 0 Å². The van der Waals surface area contributed by atoms with E-state index in [1.807, 2.05) is 31.2 Å². The molecule has 17 heavy (non-hydrogen) atoms. The highest BCUT2D eigenvalue weighted by Gasteiger charge is 2.26. The van der Waals surface area contributed by atoms with Crippen LogP contribution in [0.1, 0.15) is 42.6 Å². The van der Waals surface area contributed by atoms with Crippen LogP contribution >= 0.6 is 0 Å². The minimum absolute atomic E-state index is 0.0605. The largest absolute Gasteiger partial charge is 0.357 e. The molecule has 0 N–H and O–H groups in total. The van der Waals surface area contributed by atoms with E-state index in [0.717, 1.165) is 5.56 Å². The number of benzene rings is 1. The predicted octanol–water partition coefficient (Wildman–Crippen LogP) is 2.63. The lowest BCUT2D eigenvalue weighted by Gasteiger charge is -2.19. The molecule has 1 fully saturated rings. The van der Waals surface area contributed by atoms with Gasteiger partial charge in [-0.15, -0.1) is 0 Å². The van der Waals surface area contributed by atoms with Crippen molar-refractivity contribution in [2.24, 2.45) is 0 Å². The lowest BCUT2D eigenvalue weighted by atomic mass is 10.0. The maximum atomic E-state index is 12.2. The fourth-order valence-corrected chi connectivity index (χ4v) is 2.04. The summed E-state index contributed by atoms with van der Waals surface area (Å²) < 4.78 is 5.38. The molecule has 1 aromatic rings. The number of nitrogens with zero attached hydrogens (tertiary/aromatic N) is 1. The van der Waals surface area contributed by atoms with E-state index in [2.05, 4.69) is 13.8 Å². The van der Waals surface area contributed by atoms with Crippen LogP contribution in [0.5, 0.6) is 0 Å². The van der Waals surface area contributed by atoms with Gasteiger partial charge in [-0.25, -0.2) is 0 Å². The zero-order chi connectivity index (χ0) is 12.4. The van der Waals surface area contributed by atoms with E-state index in [4.69, 9.17) is 4.74 Å². The maximum Gasteiger partial charge on any atom is 0.255 e. The van der Waals surface area contributed by atoms with Gasteiger partial charge in [0.15, 0.2) is 0 Å². The topological polar surface area (TPSA) is 29.5 Å². The SMILES string of the molecule is CC(C)c1ccc(C(=O)N2CCOC2C)cc1. The van der Waals surface area contributed by atoms with Crippen LogP contribution in [0.3, 0.4) is 0 Å². The zero-order valence-electron chi connectivity index (χ0n) is 10.6. The fraction of sp³-hybridized carbons (Fsp3) is 0.500. The van der Waals surface area contributed by atoms with Crippen LogP contribution in [-0.4, -0.2) is 30.2 Å². The Bertz CT molecular complexity index is 397. The molecule has 1 aliphatic rings. The monoisotopic (exact) mass is 233 g/mol. The molecule has 0 saturated carbocycles. The summed E-state index contributed by atoms with van der Waals surface area (Å²) in [5.74, 6) is 0.554. The Morgan fingerprint density at radius 3 is 2.47 bits per heavy atom. The van der Waals surface area contributed by atoms with Crippen LogP contribution < -0.4 is 0 Å². The summed E-state index contributed by atoms with van der Waals surface area (Å²) in [6.45, 7) is 7.52. The van der Waals surface area contributed by atoms with E-state index < -0.39 is 0 Å². The summed E-state index contributed by atoms with van der Waals surface area (Å²) in [6.07, 6.45) is -0.104. The Hall–Kier alpha value is -1.35. The van der Waals surface area contributed by atoms with Gasteiger partial charge in [-0.2, -0.15) is 0 Å². The molecule has 0 bridgehead atoms. The third-order valence-corrected chi connectivity index (χ3v) is 3.22. The number of carbonyl (C=O) groups is 1. The molecule has 0 aromatic heterocycles. The summed E-state index contributed by atoms with van der Waals surface area (Å²) in [4.78, 5) is 14.0. The van der Waals surface area contributed by atoms with Crippen LogP contribution in [0.15, 0.2) is 24.3 Å². The van der Waals surface area contributed by atoms with Gasteiger partial charge < -0.3 is 9.64 Å². The van der Waals surface area contributed by atoms with Gasteiger partial charge >= 0.3 is 0 Å². The van der Waals surface area contributed by atoms with Crippen molar-refractivity contribution >= 4 is 5.91 Å². The molecule has 0 aliphatic carbocycles. The lowest BCUT2D eigenvalue weighted by Crippen LogP contribution is -2.34. The molecule has 1 saturated heterocycles. The predicted molar refractivity (Wildman–Crippen MR) is 67.0 cm³/mol. The molecule has 1 unspecified atom stereocenters. The molecule has 92 valence electrons. The van der Waals surface area contributed by atoms with E-state index in [1.165, 1.54) is 5.56 Å². The third kappa shape index (κ3) is 2.50. The van der Waals surface area contributed by atoms with E-state index in [-0.39, 0.29) is 12.1 Å². The Morgan fingerprint density at radius 1 is 1.35 bits per heavy atom. The van der Waals surface area contributed by atoms with E-state index in [0.29, 0.717) is 19.1 Å². The summed E-state index contributed by atoms with van der Waals surface area (Å²) in [5.41, 5.74) is 2.00. The molecule has 1 heterocycles. The van der Waals surface area contributed by atoms with Gasteiger partial charge in [0, 0.05) is 12.1 Å². The molecular formula is C14H19NO2. The lowest BCUT2D eigenvalue weighted by molar-refractivity contribution is 0.0378. The van der Waals surface area contributed by atoms with Gasteiger partial charge in [-0.1, -0.05) is 26.0 Å².